The molecule has 1 aliphatic rings. The summed E-state index contributed by atoms with van der Waals surface area (Å²) in [5, 5.41) is 5.48. The second kappa shape index (κ2) is 8.56. The first-order valence-corrected chi connectivity index (χ1v) is 9.90. The Labute approximate surface area is 172 Å². The number of benzene rings is 2. The topological polar surface area (TPSA) is 78.5 Å². The van der Waals surface area contributed by atoms with Gasteiger partial charge in [0.2, 0.25) is 5.91 Å². The number of aryl methyl sites for hydroxylation is 1. The minimum absolute atomic E-state index is 0.292. The lowest BCUT2D eigenvalue weighted by atomic mass is 9.92. The Morgan fingerprint density at radius 2 is 1.89 bits per heavy atom. The monoisotopic (exact) mass is 443 g/mol. The summed E-state index contributed by atoms with van der Waals surface area (Å²) < 4.78 is 0.808. The van der Waals surface area contributed by atoms with E-state index in [2.05, 4.69) is 26.6 Å². The fraction of sp³-hybridized carbons (Fsp3) is 0.286. The molecule has 146 valence electrons. The largest absolute Gasteiger partial charge is 0.355 e. The third kappa shape index (κ3) is 4.42. The van der Waals surface area contributed by atoms with Gasteiger partial charge in [0, 0.05) is 11.0 Å². The van der Waals surface area contributed by atoms with Gasteiger partial charge in [0.1, 0.15) is 12.1 Å². The lowest BCUT2D eigenvalue weighted by Gasteiger charge is -2.22. The molecule has 0 aromatic heterocycles. The lowest BCUT2D eigenvalue weighted by molar-refractivity contribution is -0.134. The highest BCUT2D eigenvalue weighted by molar-refractivity contribution is 9.10. The summed E-state index contributed by atoms with van der Waals surface area (Å²) in [7, 11) is 0. The van der Waals surface area contributed by atoms with Crippen LogP contribution in [0.4, 0.5) is 4.79 Å². The molecular weight excluding hydrogens is 422 g/mol. The number of halogens is 1. The molecule has 1 atom stereocenters. The Bertz CT molecular complexity index is 887. The minimum Gasteiger partial charge on any atom is -0.355 e. The van der Waals surface area contributed by atoms with Crippen molar-refractivity contribution in [3.05, 3.63) is 70.2 Å². The van der Waals surface area contributed by atoms with E-state index in [4.69, 9.17) is 0 Å². The molecule has 1 aliphatic heterocycles. The van der Waals surface area contributed by atoms with Gasteiger partial charge in [-0.1, -0.05) is 58.4 Å². The Balaban J connectivity index is 1.54. The number of imide groups is 1. The zero-order valence-electron chi connectivity index (χ0n) is 15.6. The lowest BCUT2D eigenvalue weighted by Crippen LogP contribution is -2.43. The van der Waals surface area contributed by atoms with Gasteiger partial charge in [0.05, 0.1) is 0 Å². The molecule has 0 saturated carbocycles. The molecule has 1 fully saturated rings. The summed E-state index contributed by atoms with van der Waals surface area (Å²) in [5.74, 6) is -0.787. The van der Waals surface area contributed by atoms with E-state index in [9.17, 15) is 14.4 Å². The van der Waals surface area contributed by atoms with Gasteiger partial charge in [-0.15, -0.1) is 0 Å². The van der Waals surface area contributed by atoms with Crippen LogP contribution in [-0.2, 0) is 21.5 Å². The number of nitrogens with zero attached hydrogens (tertiary/aromatic N) is 1. The maximum atomic E-state index is 12.8. The normalized spacial score (nSPS) is 18.9. The van der Waals surface area contributed by atoms with Crippen LogP contribution in [0, 0.1) is 0 Å². The van der Waals surface area contributed by atoms with Gasteiger partial charge >= 0.3 is 6.03 Å². The summed E-state index contributed by atoms with van der Waals surface area (Å²) in [6.07, 6.45) is 1.64. The van der Waals surface area contributed by atoms with Gasteiger partial charge in [-0.3, -0.25) is 14.5 Å². The number of hydrogen-bond acceptors (Lipinski definition) is 3. The number of carbonyl (C=O) groups excluding carboxylic acids is 3. The van der Waals surface area contributed by atoms with Crippen molar-refractivity contribution in [2.45, 2.75) is 25.3 Å². The number of rotatable bonds is 7. The van der Waals surface area contributed by atoms with E-state index < -0.39 is 17.5 Å². The molecule has 7 heteroatoms. The van der Waals surface area contributed by atoms with Crippen LogP contribution in [0.5, 0.6) is 0 Å². The van der Waals surface area contributed by atoms with Crippen molar-refractivity contribution in [3.8, 4) is 0 Å². The molecule has 2 N–H and O–H groups in total. The van der Waals surface area contributed by atoms with E-state index in [1.807, 2.05) is 36.4 Å². The standard InChI is InChI=1S/C21H22BrN3O3/c1-21(16-10-5-11-17(22)13-16)19(27)25(20(28)24-21)14-18(26)23-12-6-9-15-7-3-2-4-8-15/h2-5,7-8,10-11,13H,6,9,12,14H2,1H3,(H,23,26)(H,24,28)/t21-/m1/s1. The summed E-state index contributed by atoms with van der Waals surface area (Å²) in [6, 6.07) is 16.6. The highest BCUT2D eigenvalue weighted by atomic mass is 79.9. The molecule has 1 saturated heterocycles. The predicted octanol–water partition coefficient (Wildman–Crippen LogP) is 2.97. The first-order chi connectivity index (χ1) is 13.4. The summed E-state index contributed by atoms with van der Waals surface area (Å²) in [6.45, 7) is 1.84. The van der Waals surface area contributed by atoms with Crippen molar-refractivity contribution < 1.29 is 14.4 Å². The predicted molar refractivity (Wildman–Crippen MR) is 110 cm³/mol. The number of nitrogens with one attached hydrogen (secondary N) is 2. The summed E-state index contributed by atoms with van der Waals surface area (Å²) in [4.78, 5) is 38.3. The van der Waals surface area contributed by atoms with Crippen LogP contribution >= 0.6 is 15.9 Å². The summed E-state index contributed by atoms with van der Waals surface area (Å²) in [5.41, 5.74) is 0.677. The van der Waals surface area contributed by atoms with Crippen molar-refractivity contribution in [2.24, 2.45) is 0 Å². The van der Waals surface area contributed by atoms with Crippen LogP contribution in [0.1, 0.15) is 24.5 Å². The van der Waals surface area contributed by atoms with Crippen LogP contribution in [-0.4, -0.2) is 35.8 Å². The van der Waals surface area contributed by atoms with E-state index in [1.165, 1.54) is 5.56 Å². The maximum Gasteiger partial charge on any atom is 0.325 e. The zero-order chi connectivity index (χ0) is 20.1. The smallest absolute Gasteiger partial charge is 0.325 e. The average molecular weight is 444 g/mol. The number of urea groups is 1. The van der Waals surface area contributed by atoms with E-state index in [0.717, 1.165) is 22.2 Å². The number of carbonyl (C=O) groups is 3. The quantitative estimate of drug-likeness (QED) is 0.509. The number of hydrogen-bond donors (Lipinski definition) is 2. The molecule has 1 heterocycles. The van der Waals surface area contributed by atoms with Crippen molar-refractivity contribution >= 4 is 33.8 Å². The van der Waals surface area contributed by atoms with Gasteiger partial charge in [-0.2, -0.15) is 0 Å². The fourth-order valence-corrected chi connectivity index (χ4v) is 3.60. The molecule has 2 aromatic carbocycles. The molecule has 0 spiro atoms. The molecule has 0 unspecified atom stereocenters. The fourth-order valence-electron chi connectivity index (χ4n) is 3.20. The van der Waals surface area contributed by atoms with Gasteiger partial charge in [-0.05, 0) is 43.0 Å². The van der Waals surface area contributed by atoms with Gasteiger partial charge in [-0.25, -0.2) is 4.79 Å². The highest BCUT2D eigenvalue weighted by Gasteiger charge is 2.49. The number of amides is 4. The van der Waals surface area contributed by atoms with Gasteiger partial charge in [0.15, 0.2) is 0 Å². The molecule has 0 bridgehead atoms. The first kappa shape index (κ1) is 20.1. The van der Waals surface area contributed by atoms with Crippen molar-refractivity contribution in [3.63, 3.8) is 0 Å². The molecule has 0 aliphatic carbocycles. The maximum absolute atomic E-state index is 12.8. The molecule has 2 aromatic rings. The van der Waals surface area contributed by atoms with Crippen molar-refractivity contribution in [1.29, 1.82) is 0 Å². The summed E-state index contributed by atoms with van der Waals surface area (Å²) >= 11 is 3.37. The molecule has 0 radical (unpaired) electrons. The molecule has 4 amide bonds. The Morgan fingerprint density at radius 1 is 1.14 bits per heavy atom. The Hall–Kier alpha value is -2.67. The van der Waals surface area contributed by atoms with E-state index >= 15 is 0 Å². The molecule has 3 rings (SSSR count). The van der Waals surface area contributed by atoms with Crippen LogP contribution in [0.3, 0.4) is 0 Å². The molecule has 6 nitrogen and oxygen atoms in total. The first-order valence-electron chi connectivity index (χ1n) is 9.11. The second-order valence-electron chi connectivity index (χ2n) is 6.90. The van der Waals surface area contributed by atoms with E-state index in [0.29, 0.717) is 12.1 Å². The third-order valence-corrected chi connectivity index (χ3v) is 5.28. The Morgan fingerprint density at radius 3 is 2.61 bits per heavy atom. The van der Waals surface area contributed by atoms with Gasteiger partial charge < -0.3 is 10.6 Å². The van der Waals surface area contributed by atoms with Crippen LogP contribution in [0.25, 0.3) is 0 Å². The third-order valence-electron chi connectivity index (χ3n) is 4.79. The molecule has 28 heavy (non-hydrogen) atoms. The average Bonchev–Trinajstić information content (AvgIpc) is 2.90. The van der Waals surface area contributed by atoms with Crippen LogP contribution < -0.4 is 10.6 Å². The highest BCUT2D eigenvalue weighted by Crippen LogP contribution is 2.30. The van der Waals surface area contributed by atoms with Crippen LogP contribution in [0.15, 0.2) is 59.1 Å². The zero-order valence-corrected chi connectivity index (χ0v) is 17.2. The van der Waals surface area contributed by atoms with Gasteiger partial charge in [0.25, 0.3) is 5.91 Å². The Kier molecular flexibility index (Phi) is 6.14. The SMILES string of the molecule is C[C@]1(c2cccc(Br)c2)NC(=O)N(CC(=O)NCCCc2ccccc2)C1=O. The van der Waals surface area contributed by atoms with Crippen molar-refractivity contribution in [1.82, 2.24) is 15.5 Å². The van der Waals surface area contributed by atoms with Crippen molar-refractivity contribution in [2.75, 3.05) is 13.1 Å². The van der Waals surface area contributed by atoms with E-state index in [1.54, 1.807) is 25.1 Å². The van der Waals surface area contributed by atoms with Crippen LogP contribution in [0.2, 0.25) is 0 Å². The molecular formula is C21H22BrN3O3. The minimum atomic E-state index is -1.19. The second-order valence-corrected chi connectivity index (χ2v) is 7.81. The van der Waals surface area contributed by atoms with E-state index in [-0.39, 0.29) is 12.5 Å².